The molecule has 1 aliphatic heterocycles. The van der Waals surface area contributed by atoms with Crippen LogP contribution in [0.4, 0.5) is 0 Å². The molecule has 0 saturated carbocycles. The number of para-hydroxylation sites is 2. The van der Waals surface area contributed by atoms with E-state index in [1.807, 2.05) is 36.4 Å². The summed E-state index contributed by atoms with van der Waals surface area (Å²) in [6, 6.07) is 20.3. The second-order valence-electron chi connectivity index (χ2n) is 8.47. The minimum atomic E-state index is -0.444. The molecule has 3 aromatic carbocycles. The van der Waals surface area contributed by atoms with Crippen LogP contribution in [0.5, 0.6) is 17.2 Å². The summed E-state index contributed by atoms with van der Waals surface area (Å²) in [5.41, 5.74) is 3.40. The van der Waals surface area contributed by atoms with Crippen LogP contribution in [-0.2, 0) is 16.0 Å². The van der Waals surface area contributed by atoms with Gasteiger partial charge in [-0.25, -0.2) is 4.98 Å². The van der Waals surface area contributed by atoms with E-state index in [0.29, 0.717) is 30.0 Å². The third kappa shape index (κ3) is 6.01. The Balaban J connectivity index is 1.28. The quantitative estimate of drug-likeness (QED) is 0.295. The molecule has 2 amide bonds. The number of hydrogen-bond acceptors (Lipinski definition) is 6. The zero-order chi connectivity index (χ0) is 26.3. The van der Waals surface area contributed by atoms with Crippen LogP contribution >= 0.6 is 0 Å². The summed E-state index contributed by atoms with van der Waals surface area (Å²) in [7, 11) is 1.59. The van der Waals surface area contributed by atoms with Gasteiger partial charge in [-0.3, -0.25) is 9.59 Å². The van der Waals surface area contributed by atoms with Crippen LogP contribution in [0.1, 0.15) is 17.0 Å². The van der Waals surface area contributed by atoms with E-state index < -0.39 is 11.8 Å². The normalized spacial score (nSPS) is 12.6. The van der Waals surface area contributed by atoms with E-state index >= 15 is 0 Å². The van der Waals surface area contributed by atoms with Crippen molar-refractivity contribution >= 4 is 35.0 Å². The van der Waals surface area contributed by atoms with E-state index in [0.717, 1.165) is 28.2 Å². The fourth-order valence-electron chi connectivity index (χ4n) is 3.90. The van der Waals surface area contributed by atoms with Crippen LogP contribution in [0.15, 0.2) is 78.5 Å². The van der Waals surface area contributed by atoms with Gasteiger partial charge < -0.3 is 29.8 Å². The van der Waals surface area contributed by atoms with E-state index in [4.69, 9.17) is 14.2 Å². The van der Waals surface area contributed by atoms with Gasteiger partial charge >= 0.3 is 0 Å². The molecular weight excluding hydrogens is 484 g/mol. The van der Waals surface area contributed by atoms with E-state index in [2.05, 4.69) is 20.6 Å². The van der Waals surface area contributed by atoms with Gasteiger partial charge in [0.25, 0.3) is 5.91 Å². The fraction of sp³-hybridized carbons (Fsp3) is 0.138. The number of rotatable bonds is 9. The lowest BCUT2D eigenvalue weighted by Gasteiger charge is -2.10. The van der Waals surface area contributed by atoms with Crippen LogP contribution in [-0.4, -0.2) is 42.2 Å². The zero-order valence-corrected chi connectivity index (χ0v) is 20.7. The Morgan fingerprint density at radius 1 is 1.03 bits per heavy atom. The number of hydrogen-bond donors (Lipinski definition) is 3. The first-order valence-electron chi connectivity index (χ1n) is 12.0. The molecule has 0 fully saturated rings. The highest BCUT2D eigenvalue weighted by atomic mass is 16.7. The van der Waals surface area contributed by atoms with Crippen molar-refractivity contribution < 1.29 is 23.8 Å². The average Bonchev–Trinajstić information content (AvgIpc) is 3.58. The Hall–Kier alpha value is -5.05. The first-order chi connectivity index (χ1) is 18.6. The van der Waals surface area contributed by atoms with Gasteiger partial charge in [0.2, 0.25) is 12.7 Å². The van der Waals surface area contributed by atoms with Crippen molar-refractivity contribution in [3.05, 3.63) is 95.5 Å². The second kappa shape index (κ2) is 11.3. The monoisotopic (exact) mass is 510 g/mol. The predicted molar refractivity (Wildman–Crippen MR) is 144 cm³/mol. The summed E-state index contributed by atoms with van der Waals surface area (Å²) in [6.45, 7) is 0.471. The predicted octanol–water partition coefficient (Wildman–Crippen LogP) is 3.83. The number of benzene rings is 3. The van der Waals surface area contributed by atoms with Crippen molar-refractivity contribution in [3.8, 4) is 17.2 Å². The number of carbonyl (C=O) groups excluding carboxylic acids is 2. The van der Waals surface area contributed by atoms with Gasteiger partial charge in [-0.15, -0.1) is 0 Å². The number of nitrogens with one attached hydrogen (secondary N) is 3. The molecule has 0 spiro atoms. The highest BCUT2D eigenvalue weighted by Gasteiger charge is 2.16. The molecule has 3 N–H and O–H groups in total. The minimum absolute atomic E-state index is 0.0952. The lowest BCUT2D eigenvalue weighted by molar-refractivity contribution is -0.121. The van der Waals surface area contributed by atoms with Crippen LogP contribution < -0.4 is 24.8 Å². The Labute approximate surface area is 219 Å². The molecular formula is C29H26N4O5. The molecule has 5 rings (SSSR count). The van der Waals surface area contributed by atoms with E-state index in [-0.39, 0.29) is 12.5 Å². The first kappa shape index (κ1) is 24.6. The molecule has 38 heavy (non-hydrogen) atoms. The van der Waals surface area contributed by atoms with Gasteiger partial charge in [-0.1, -0.05) is 30.3 Å². The van der Waals surface area contributed by atoms with Gasteiger partial charge in [0, 0.05) is 19.0 Å². The third-order valence-corrected chi connectivity index (χ3v) is 5.84. The van der Waals surface area contributed by atoms with Crippen LogP contribution in [0.25, 0.3) is 23.2 Å². The fourth-order valence-corrected chi connectivity index (χ4v) is 3.90. The molecule has 2 heterocycles. The largest absolute Gasteiger partial charge is 0.497 e. The second-order valence-corrected chi connectivity index (χ2v) is 8.47. The number of aromatic nitrogens is 2. The van der Waals surface area contributed by atoms with Crippen LogP contribution in [0.3, 0.4) is 0 Å². The maximum absolute atomic E-state index is 13.1. The van der Waals surface area contributed by atoms with Gasteiger partial charge in [0.15, 0.2) is 11.5 Å². The smallest absolute Gasteiger partial charge is 0.267 e. The lowest BCUT2D eigenvalue weighted by atomic mass is 10.1. The summed E-state index contributed by atoms with van der Waals surface area (Å²) < 4.78 is 15.9. The van der Waals surface area contributed by atoms with E-state index in [1.165, 1.54) is 6.08 Å². The number of carbonyl (C=O) groups is 2. The summed E-state index contributed by atoms with van der Waals surface area (Å²) in [6.07, 6.45) is 5.13. The topological polar surface area (TPSA) is 115 Å². The van der Waals surface area contributed by atoms with Crippen molar-refractivity contribution in [3.63, 3.8) is 0 Å². The number of amides is 2. The maximum Gasteiger partial charge on any atom is 0.267 e. The molecule has 0 unspecified atom stereocenters. The van der Waals surface area contributed by atoms with Gasteiger partial charge in [-0.2, -0.15) is 0 Å². The average molecular weight is 511 g/mol. The molecule has 192 valence electrons. The van der Waals surface area contributed by atoms with Crippen LogP contribution in [0.2, 0.25) is 0 Å². The Morgan fingerprint density at radius 3 is 2.63 bits per heavy atom. The number of fused-ring (bicyclic) bond motifs is 2. The van der Waals surface area contributed by atoms with Gasteiger partial charge in [0.1, 0.15) is 17.3 Å². The molecule has 0 saturated heterocycles. The summed E-state index contributed by atoms with van der Waals surface area (Å²) in [4.78, 5) is 33.6. The van der Waals surface area contributed by atoms with Crippen molar-refractivity contribution in [2.45, 2.75) is 6.42 Å². The number of aromatic amines is 1. The number of imidazole rings is 1. The molecule has 0 bridgehead atoms. The molecule has 4 aromatic rings. The Kier molecular flexibility index (Phi) is 7.35. The number of ether oxygens (including phenoxy) is 3. The zero-order valence-electron chi connectivity index (χ0n) is 20.7. The first-order valence-corrected chi connectivity index (χ1v) is 12.0. The van der Waals surface area contributed by atoms with E-state index in [9.17, 15) is 9.59 Å². The Bertz CT molecular complexity index is 1490. The molecule has 1 aromatic heterocycles. The summed E-state index contributed by atoms with van der Waals surface area (Å²) >= 11 is 0. The molecule has 0 radical (unpaired) electrons. The number of nitrogens with zero attached hydrogens (tertiary/aromatic N) is 1. The van der Waals surface area contributed by atoms with Crippen molar-refractivity contribution in [1.82, 2.24) is 20.6 Å². The maximum atomic E-state index is 13.1. The molecule has 9 heteroatoms. The van der Waals surface area contributed by atoms with Crippen molar-refractivity contribution in [2.75, 3.05) is 20.4 Å². The van der Waals surface area contributed by atoms with E-state index in [1.54, 1.807) is 49.6 Å². The number of methoxy groups -OCH3 is 1. The molecule has 0 aliphatic carbocycles. The van der Waals surface area contributed by atoms with Gasteiger partial charge in [0.05, 0.1) is 18.1 Å². The standard InChI is InChI=1S/C29H26N4O5/c1-36-21-10-6-19(7-11-21)9-13-28(34)33-24(16-20-8-12-25-26(17-20)38-18-37-25)29(35)30-15-14-27-31-22-4-2-3-5-23(22)32-27/h2-13,16-17H,14-15,18H2,1H3,(H,30,35)(H,31,32)(H,33,34)/b13-9+,24-16-. The molecule has 0 atom stereocenters. The van der Waals surface area contributed by atoms with Crippen molar-refractivity contribution in [2.24, 2.45) is 0 Å². The highest BCUT2D eigenvalue weighted by Crippen LogP contribution is 2.33. The SMILES string of the molecule is COc1ccc(/C=C/C(=O)N/C(=C\c2ccc3c(c2)OCO3)C(=O)NCCc2nc3ccccc3[nH]2)cc1. The lowest BCUT2D eigenvalue weighted by Crippen LogP contribution is -2.35. The molecule has 1 aliphatic rings. The Morgan fingerprint density at radius 2 is 1.82 bits per heavy atom. The third-order valence-electron chi connectivity index (χ3n) is 5.84. The number of H-pyrrole nitrogens is 1. The summed E-state index contributed by atoms with van der Waals surface area (Å²) in [5, 5.41) is 5.56. The van der Waals surface area contributed by atoms with Crippen LogP contribution in [0, 0.1) is 0 Å². The summed E-state index contributed by atoms with van der Waals surface area (Å²) in [5.74, 6) is 1.82. The van der Waals surface area contributed by atoms with Crippen molar-refractivity contribution in [1.29, 1.82) is 0 Å². The minimum Gasteiger partial charge on any atom is -0.497 e. The highest BCUT2D eigenvalue weighted by molar-refractivity contribution is 6.04. The van der Waals surface area contributed by atoms with Gasteiger partial charge in [-0.05, 0) is 59.7 Å². The molecule has 9 nitrogen and oxygen atoms in total.